The summed E-state index contributed by atoms with van der Waals surface area (Å²) in [5.41, 5.74) is 4.26. The van der Waals surface area contributed by atoms with Gasteiger partial charge in [0.25, 0.3) is 0 Å². The molecule has 0 saturated carbocycles. The predicted octanol–water partition coefficient (Wildman–Crippen LogP) is 5.06. The van der Waals surface area contributed by atoms with Crippen molar-refractivity contribution in [3.8, 4) is 11.3 Å². The van der Waals surface area contributed by atoms with Crippen LogP contribution in [0.15, 0.2) is 36.5 Å². The summed E-state index contributed by atoms with van der Waals surface area (Å²) in [4.78, 5) is 4.72. The number of nitrogens with zero attached hydrogens (tertiary/aromatic N) is 2. The van der Waals surface area contributed by atoms with E-state index < -0.39 is 6.10 Å². The summed E-state index contributed by atoms with van der Waals surface area (Å²) in [6.07, 6.45) is 1.93. The fourth-order valence-corrected chi connectivity index (χ4v) is 2.89. The molecular formula is C17H16Cl2N2O. The Bertz CT molecular complexity index is 842. The first kappa shape index (κ1) is 15.3. The number of hydrogen-bond acceptors (Lipinski definition) is 2. The summed E-state index contributed by atoms with van der Waals surface area (Å²) >= 11 is 12.1. The van der Waals surface area contributed by atoms with Gasteiger partial charge in [0.2, 0.25) is 0 Å². The van der Waals surface area contributed by atoms with Crippen molar-refractivity contribution in [1.82, 2.24) is 9.38 Å². The van der Waals surface area contributed by atoms with E-state index in [9.17, 15) is 5.11 Å². The Kier molecular flexibility index (Phi) is 4.13. The molecule has 3 rings (SSSR count). The fraction of sp³-hybridized carbons (Fsp3) is 0.235. The van der Waals surface area contributed by atoms with Gasteiger partial charge in [-0.3, -0.25) is 0 Å². The fourth-order valence-electron chi connectivity index (χ4n) is 2.59. The monoisotopic (exact) mass is 334 g/mol. The van der Waals surface area contributed by atoms with Gasteiger partial charge >= 0.3 is 0 Å². The number of benzene rings is 1. The molecule has 1 atom stereocenters. The van der Waals surface area contributed by atoms with Gasteiger partial charge in [-0.15, -0.1) is 0 Å². The van der Waals surface area contributed by atoms with Crippen LogP contribution in [0.5, 0.6) is 0 Å². The van der Waals surface area contributed by atoms with Crippen molar-refractivity contribution in [2.45, 2.75) is 26.4 Å². The maximum atomic E-state index is 10.5. The van der Waals surface area contributed by atoms with Gasteiger partial charge in [0.15, 0.2) is 0 Å². The van der Waals surface area contributed by atoms with Crippen molar-refractivity contribution in [2.24, 2.45) is 0 Å². The average molecular weight is 335 g/mol. The summed E-state index contributed by atoms with van der Waals surface area (Å²) in [5.74, 6) is 0. The van der Waals surface area contributed by atoms with Gasteiger partial charge in [0.1, 0.15) is 5.65 Å². The zero-order valence-electron chi connectivity index (χ0n) is 12.3. The lowest BCUT2D eigenvalue weighted by Crippen LogP contribution is -2.02. The molecule has 22 heavy (non-hydrogen) atoms. The van der Waals surface area contributed by atoms with Crippen molar-refractivity contribution in [2.75, 3.05) is 0 Å². The van der Waals surface area contributed by atoms with Gasteiger partial charge in [-0.05, 0) is 37.1 Å². The number of aromatic nitrogens is 2. The summed E-state index contributed by atoms with van der Waals surface area (Å²) < 4.78 is 1.95. The van der Waals surface area contributed by atoms with Crippen LogP contribution in [0.4, 0.5) is 0 Å². The standard InChI is InChI=1S/C17H16Cl2N2O/c1-3-14(22)16-15(11-6-7-12(18)13(19)9-11)20-17-10(2)5-4-8-21(16)17/h4-9,14,22H,3H2,1-2H3. The summed E-state index contributed by atoms with van der Waals surface area (Å²) in [6, 6.07) is 9.36. The van der Waals surface area contributed by atoms with Crippen molar-refractivity contribution in [3.05, 3.63) is 57.8 Å². The minimum atomic E-state index is -0.596. The summed E-state index contributed by atoms with van der Waals surface area (Å²) in [5, 5.41) is 11.4. The first-order valence-corrected chi connectivity index (χ1v) is 7.89. The number of aryl methyl sites for hydroxylation is 1. The minimum Gasteiger partial charge on any atom is -0.387 e. The van der Waals surface area contributed by atoms with Crippen LogP contribution in [0.3, 0.4) is 0 Å². The van der Waals surface area contributed by atoms with Crippen LogP contribution in [-0.2, 0) is 0 Å². The van der Waals surface area contributed by atoms with Crippen LogP contribution < -0.4 is 0 Å². The third-order valence-electron chi connectivity index (χ3n) is 3.78. The van der Waals surface area contributed by atoms with Crippen LogP contribution in [0.2, 0.25) is 10.0 Å². The van der Waals surface area contributed by atoms with Crippen molar-refractivity contribution < 1.29 is 5.11 Å². The van der Waals surface area contributed by atoms with Crippen LogP contribution in [-0.4, -0.2) is 14.5 Å². The lowest BCUT2D eigenvalue weighted by atomic mass is 10.1. The molecule has 1 unspecified atom stereocenters. The van der Waals surface area contributed by atoms with E-state index >= 15 is 0 Å². The Morgan fingerprint density at radius 3 is 2.68 bits per heavy atom. The second-order valence-corrected chi connectivity index (χ2v) is 6.10. The molecule has 0 bridgehead atoms. The van der Waals surface area contributed by atoms with Gasteiger partial charge in [0.05, 0.1) is 27.5 Å². The Balaban J connectivity index is 2.32. The van der Waals surface area contributed by atoms with Gasteiger partial charge < -0.3 is 9.51 Å². The molecule has 1 aromatic carbocycles. The summed E-state index contributed by atoms with van der Waals surface area (Å²) in [6.45, 7) is 3.95. The zero-order chi connectivity index (χ0) is 15.9. The number of imidazole rings is 1. The Labute approximate surface area is 139 Å². The number of aliphatic hydroxyl groups is 1. The topological polar surface area (TPSA) is 37.5 Å². The van der Waals surface area contributed by atoms with Crippen LogP contribution in [0.1, 0.15) is 30.7 Å². The lowest BCUT2D eigenvalue weighted by Gasteiger charge is -2.11. The second kappa shape index (κ2) is 5.92. The molecule has 114 valence electrons. The van der Waals surface area contributed by atoms with Crippen LogP contribution in [0, 0.1) is 6.92 Å². The van der Waals surface area contributed by atoms with Crippen molar-refractivity contribution >= 4 is 28.8 Å². The molecule has 3 nitrogen and oxygen atoms in total. The molecule has 2 aromatic heterocycles. The normalized spacial score (nSPS) is 12.8. The van der Waals surface area contributed by atoms with Crippen LogP contribution >= 0.6 is 23.2 Å². The second-order valence-electron chi connectivity index (χ2n) is 5.28. The molecule has 3 aromatic rings. The molecule has 0 radical (unpaired) electrons. The van der Waals surface area contributed by atoms with Gasteiger partial charge in [-0.1, -0.05) is 42.3 Å². The number of hydrogen-bond donors (Lipinski definition) is 1. The number of pyridine rings is 1. The van der Waals surface area contributed by atoms with Crippen molar-refractivity contribution in [3.63, 3.8) is 0 Å². The smallest absolute Gasteiger partial charge is 0.140 e. The van der Waals surface area contributed by atoms with E-state index in [0.717, 1.165) is 28.2 Å². The molecule has 0 saturated heterocycles. The lowest BCUT2D eigenvalue weighted by molar-refractivity contribution is 0.168. The van der Waals surface area contributed by atoms with Gasteiger partial charge in [-0.25, -0.2) is 4.98 Å². The molecule has 0 aliphatic heterocycles. The average Bonchev–Trinajstić information content (AvgIpc) is 2.90. The molecule has 5 heteroatoms. The third kappa shape index (κ3) is 2.50. The van der Waals surface area contributed by atoms with Crippen LogP contribution in [0.25, 0.3) is 16.9 Å². The zero-order valence-corrected chi connectivity index (χ0v) is 13.9. The SMILES string of the molecule is CCC(O)c1c(-c2ccc(Cl)c(Cl)c2)nc2c(C)cccn12. The first-order valence-electron chi connectivity index (χ1n) is 7.14. The molecule has 0 amide bonds. The molecule has 0 spiro atoms. The highest BCUT2D eigenvalue weighted by Crippen LogP contribution is 2.34. The summed E-state index contributed by atoms with van der Waals surface area (Å²) in [7, 11) is 0. The number of fused-ring (bicyclic) bond motifs is 1. The van der Waals surface area contributed by atoms with E-state index in [0.29, 0.717) is 16.5 Å². The van der Waals surface area contributed by atoms with E-state index in [4.69, 9.17) is 28.2 Å². The van der Waals surface area contributed by atoms with E-state index in [1.807, 2.05) is 42.6 Å². The molecule has 0 aliphatic carbocycles. The predicted molar refractivity (Wildman–Crippen MR) is 90.6 cm³/mol. The highest BCUT2D eigenvalue weighted by molar-refractivity contribution is 6.42. The Hall–Kier alpha value is -1.55. The van der Waals surface area contributed by atoms with E-state index in [1.165, 1.54) is 0 Å². The van der Waals surface area contributed by atoms with E-state index in [1.54, 1.807) is 12.1 Å². The number of aliphatic hydroxyl groups excluding tert-OH is 1. The number of halogens is 2. The molecule has 2 heterocycles. The van der Waals surface area contributed by atoms with Gasteiger partial charge in [0, 0.05) is 11.8 Å². The maximum Gasteiger partial charge on any atom is 0.140 e. The quantitative estimate of drug-likeness (QED) is 0.726. The maximum absolute atomic E-state index is 10.5. The largest absolute Gasteiger partial charge is 0.387 e. The van der Waals surface area contributed by atoms with E-state index in [-0.39, 0.29) is 0 Å². The molecule has 0 aliphatic rings. The number of rotatable bonds is 3. The highest BCUT2D eigenvalue weighted by Gasteiger charge is 2.20. The van der Waals surface area contributed by atoms with Crippen molar-refractivity contribution in [1.29, 1.82) is 0 Å². The molecule has 1 N–H and O–H groups in total. The Morgan fingerprint density at radius 2 is 2.00 bits per heavy atom. The molecule has 0 fully saturated rings. The highest BCUT2D eigenvalue weighted by atomic mass is 35.5. The first-order chi connectivity index (χ1) is 10.5. The van der Waals surface area contributed by atoms with Gasteiger partial charge in [-0.2, -0.15) is 0 Å². The Morgan fingerprint density at radius 1 is 1.23 bits per heavy atom. The van der Waals surface area contributed by atoms with E-state index in [2.05, 4.69) is 0 Å². The molecular weight excluding hydrogens is 319 g/mol. The third-order valence-corrected chi connectivity index (χ3v) is 4.52. The minimum absolute atomic E-state index is 0.477.